The topological polar surface area (TPSA) is 317 Å². The van der Waals surface area contributed by atoms with Crippen LogP contribution in [0.1, 0.15) is 55.0 Å². The number of nitrogens with two attached hydrogens (primary N) is 1. The first-order chi connectivity index (χ1) is 39.9. The Balaban J connectivity index is 0.742. The molecule has 2 unspecified atom stereocenters. The van der Waals surface area contributed by atoms with Crippen LogP contribution in [0.2, 0.25) is 0 Å². The number of carbonyl (C=O) groups is 5. The van der Waals surface area contributed by atoms with Gasteiger partial charge in [0.1, 0.15) is 24.8 Å². The van der Waals surface area contributed by atoms with Crippen LogP contribution in [0.4, 0.5) is 19.3 Å². The van der Waals surface area contributed by atoms with Crippen LogP contribution in [0.5, 0.6) is 5.88 Å². The molecule has 9 atom stereocenters. The quantitative estimate of drug-likeness (QED) is 0.0361. The molecule has 0 bridgehead atoms. The van der Waals surface area contributed by atoms with E-state index < -0.39 is 97.9 Å². The molecule has 5 amide bonds. The lowest BCUT2D eigenvalue weighted by Gasteiger charge is -2.41. The highest BCUT2D eigenvalue weighted by Crippen LogP contribution is 2.36. The molecule has 3 aromatic heterocycles. The summed E-state index contributed by atoms with van der Waals surface area (Å²) in [5.74, 6) is -5.40. The lowest BCUT2D eigenvalue weighted by molar-refractivity contribution is -0.238. The summed E-state index contributed by atoms with van der Waals surface area (Å²) in [6.07, 6.45) is 0.479. The van der Waals surface area contributed by atoms with Crippen LogP contribution < -0.4 is 31.7 Å². The molecule has 22 nitrogen and oxygen atoms in total. The number of anilines is 1. The molecule has 0 radical (unpaired) electrons. The number of pyridine rings is 3. The molecule has 26 heteroatoms. The van der Waals surface area contributed by atoms with E-state index >= 15 is 0 Å². The largest absolute Gasteiger partial charge is 0.480 e. The summed E-state index contributed by atoms with van der Waals surface area (Å²) in [4.78, 5) is 83.3. The number of fused-ring (bicyclic) bond motifs is 2. The van der Waals surface area contributed by atoms with E-state index in [0.717, 1.165) is 49.8 Å². The Labute approximate surface area is 485 Å². The number of nitriles is 1. The van der Waals surface area contributed by atoms with Gasteiger partial charge in [-0.15, -0.1) is 0 Å². The first-order valence-corrected chi connectivity index (χ1v) is 29.6. The number of carbonyl (C=O) groups excluding carboxylic acids is 5. The van der Waals surface area contributed by atoms with Crippen molar-refractivity contribution in [2.45, 2.75) is 107 Å². The summed E-state index contributed by atoms with van der Waals surface area (Å²) in [7, 11) is 4.09. The van der Waals surface area contributed by atoms with E-state index in [1.54, 1.807) is 35.6 Å². The summed E-state index contributed by atoms with van der Waals surface area (Å²) in [5, 5.41) is 52.6. The van der Waals surface area contributed by atoms with Gasteiger partial charge in [0.2, 0.25) is 29.5 Å². The molecule has 4 aliphatic rings. The van der Waals surface area contributed by atoms with Crippen LogP contribution >= 0.6 is 21.6 Å². The molecular formula is C57H65F2N11O11S2. The van der Waals surface area contributed by atoms with Gasteiger partial charge in [0.25, 0.3) is 5.92 Å². The number of benzene rings is 2. The third-order valence-electron chi connectivity index (χ3n) is 15.4. The van der Waals surface area contributed by atoms with E-state index in [2.05, 4.69) is 36.2 Å². The van der Waals surface area contributed by atoms with E-state index in [0.29, 0.717) is 23.0 Å². The van der Waals surface area contributed by atoms with E-state index in [4.69, 9.17) is 19.9 Å². The molecule has 5 aromatic rings. The lowest BCUT2D eigenvalue weighted by atomic mass is 9.90. The molecule has 3 saturated heterocycles. The summed E-state index contributed by atoms with van der Waals surface area (Å²) in [6.45, 7) is 1.07. The predicted molar refractivity (Wildman–Crippen MR) is 303 cm³/mol. The zero-order valence-corrected chi connectivity index (χ0v) is 47.2. The normalized spacial score (nSPS) is 23.2. The molecule has 9 N–H and O–H groups in total. The third-order valence-corrected chi connectivity index (χ3v) is 17.8. The number of nitrogen functional groups attached to an aromatic ring is 1. The third kappa shape index (κ3) is 14.8. The van der Waals surface area contributed by atoms with Gasteiger partial charge in [-0.2, -0.15) is 5.26 Å². The molecule has 3 fully saturated rings. The maximum atomic E-state index is 14.1. The molecule has 2 aromatic carbocycles. The number of halogens is 2. The zero-order chi connectivity index (χ0) is 59.0. The number of nitrogens with one attached hydrogen (secondary N) is 4. The fourth-order valence-corrected chi connectivity index (χ4v) is 12.9. The second-order valence-corrected chi connectivity index (χ2v) is 23.7. The number of rotatable bonds is 22. The van der Waals surface area contributed by atoms with E-state index in [-0.39, 0.29) is 76.0 Å². The number of ether oxygens (including phenoxy) is 3. The summed E-state index contributed by atoms with van der Waals surface area (Å²) in [5.41, 5.74) is 13.8. The van der Waals surface area contributed by atoms with Crippen molar-refractivity contribution in [2.24, 2.45) is 11.8 Å². The second-order valence-electron chi connectivity index (χ2n) is 21.1. The van der Waals surface area contributed by atoms with Crippen LogP contribution in [0.15, 0.2) is 79.3 Å². The van der Waals surface area contributed by atoms with Gasteiger partial charge >= 0.3 is 6.09 Å². The summed E-state index contributed by atoms with van der Waals surface area (Å²) >= 11 is 0. The van der Waals surface area contributed by atoms with Gasteiger partial charge in [0.05, 0.1) is 55.4 Å². The summed E-state index contributed by atoms with van der Waals surface area (Å²) < 4.78 is 44.2. The number of likely N-dealkylation sites (tertiary alicyclic amines) is 1. The van der Waals surface area contributed by atoms with Crippen molar-refractivity contribution in [3.63, 3.8) is 0 Å². The molecule has 4 aliphatic heterocycles. The minimum atomic E-state index is -2.99. The first kappa shape index (κ1) is 60.3. The molecule has 0 saturated carbocycles. The number of alkyl halides is 2. The predicted octanol–water partition coefficient (Wildman–Crippen LogP) is 3.84. The number of aromatic nitrogens is 3. The molecule has 83 heavy (non-hydrogen) atoms. The Morgan fingerprint density at radius 3 is 2.60 bits per heavy atom. The number of aliphatic hydroxyl groups is 3. The fourth-order valence-electron chi connectivity index (χ4n) is 10.9. The number of hydrogen-bond acceptors (Lipinski definition) is 19. The SMILES string of the molecule is COc1ncc(-c2ccc3nccc(-c4ccc(COC(=O)NCCSSCC(NC(=O)CCc5cccc6c5CN(C(=O)C[C@@H]5C[C@@H](CN7CC(F)(F)C[C@H]7C#N)NC5=O)C6)C(=O)N[C@@H]5[C@@H](O)[C@H](C)C(O)O[C@H]5CO)nc4)c3c2)cc1N. The molecule has 440 valence electrons. The van der Waals surface area contributed by atoms with Gasteiger partial charge in [-0.3, -0.25) is 34.0 Å². The van der Waals surface area contributed by atoms with Gasteiger partial charge in [-0.1, -0.05) is 58.8 Å². The minimum Gasteiger partial charge on any atom is -0.480 e. The summed E-state index contributed by atoms with van der Waals surface area (Å²) in [6, 6.07) is 17.0. The van der Waals surface area contributed by atoms with Gasteiger partial charge in [0, 0.05) is 110 Å². The Kier molecular flexibility index (Phi) is 19.6. The number of aliphatic hydroxyl groups excluding tert-OH is 3. The van der Waals surface area contributed by atoms with Crippen LogP contribution in [-0.2, 0) is 54.8 Å². The zero-order valence-electron chi connectivity index (χ0n) is 45.5. The standard InChI is InChI=1S/C57H65F2N11O11S2/c1-31-51(74)50(47(27-71)81-55(31)77)68-53(76)46(67-48(72)11-8-32-4-3-5-35-24-69(26-43(32)35)49(73)19-36-16-39(66-52(36)75)25-70-30-57(58,59)20-40(70)21-60)29-83-82-15-14-63-56(78)80-28-38-9-6-34(22-64-38)41-12-13-62-45-10-7-33(17-42(41)45)37-18-44(61)54(79-2)65-23-37/h3-7,9-10,12-13,17-18,22-23,31,36,39-40,46-47,50-51,55,71,74,77H,8,11,14-16,19-20,24-30,61H2,1-2H3,(H,63,78)(H,66,75)(H,67,72)(H,68,76)/t31-,36-,39-,40-,46?,47-,50-,51-,55?/m0/s1. The Hall–Kier alpha value is -7.25. The molecule has 7 heterocycles. The molecule has 9 rings (SSSR count). The van der Waals surface area contributed by atoms with Gasteiger partial charge in [-0.25, -0.2) is 18.6 Å². The van der Waals surface area contributed by atoms with Gasteiger partial charge in [-0.05, 0) is 71.0 Å². The van der Waals surface area contributed by atoms with Crippen molar-refractivity contribution in [2.75, 3.05) is 50.6 Å². The average Bonchev–Trinajstić information content (AvgIpc) is 4.30. The Morgan fingerprint density at radius 1 is 1.04 bits per heavy atom. The van der Waals surface area contributed by atoms with Gasteiger partial charge < -0.3 is 61.4 Å². The second kappa shape index (κ2) is 27.0. The molecule has 0 aliphatic carbocycles. The maximum absolute atomic E-state index is 14.1. The number of hydrogen-bond donors (Lipinski definition) is 8. The minimum absolute atomic E-state index is 0.0435. The number of alkyl carbamates (subject to hydrolysis) is 1. The van der Waals surface area contributed by atoms with Crippen LogP contribution in [-0.4, -0.2) is 163 Å². The van der Waals surface area contributed by atoms with Crippen LogP contribution in [0, 0.1) is 23.2 Å². The highest BCUT2D eigenvalue weighted by atomic mass is 33.1. The average molecular weight is 1180 g/mol. The highest BCUT2D eigenvalue weighted by molar-refractivity contribution is 8.76. The number of amides is 5. The Morgan fingerprint density at radius 2 is 1.84 bits per heavy atom. The number of aryl methyl sites for hydroxylation is 1. The fraction of sp³-hybridized carbons (Fsp3) is 0.456. The monoisotopic (exact) mass is 1180 g/mol. The van der Waals surface area contributed by atoms with Crippen LogP contribution in [0.3, 0.4) is 0 Å². The van der Waals surface area contributed by atoms with Crippen molar-refractivity contribution < 1.29 is 62.3 Å². The highest BCUT2D eigenvalue weighted by Gasteiger charge is 2.47. The lowest BCUT2D eigenvalue weighted by Crippen LogP contribution is -2.64. The van der Waals surface area contributed by atoms with E-state index in [1.165, 1.54) is 40.5 Å². The maximum Gasteiger partial charge on any atom is 0.407 e. The smallest absolute Gasteiger partial charge is 0.407 e. The molecular weight excluding hydrogens is 1120 g/mol. The van der Waals surface area contributed by atoms with Crippen molar-refractivity contribution in [1.29, 1.82) is 5.26 Å². The van der Waals surface area contributed by atoms with Gasteiger partial charge in [0.15, 0.2) is 6.29 Å². The number of methoxy groups -OCH3 is 1. The molecule has 0 spiro atoms. The van der Waals surface area contributed by atoms with Crippen LogP contribution in [0.25, 0.3) is 33.2 Å². The van der Waals surface area contributed by atoms with Crippen molar-refractivity contribution in [1.82, 2.24) is 46.0 Å². The van der Waals surface area contributed by atoms with E-state index in [9.17, 15) is 53.3 Å². The van der Waals surface area contributed by atoms with Crippen molar-refractivity contribution in [3.05, 3.63) is 102 Å². The van der Waals surface area contributed by atoms with Crippen molar-refractivity contribution in [3.8, 4) is 34.2 Å². The Bertz CT molecular complexity index is 3230. The van der Waals surface area contributed by atoms with E-state index in [1.807, 2.05) is 54.6 Å². The van der Waals surface area contributed by atoms with Crippen molar-refractivity contribution >= 4 is 67.9 Å². The number of nitrogens with zero attached hydrogens (tertiary/aromatic N) is 6. The first-order valence-electron chi connectivity index (χ1n) is 27.1.